The highest BCUT2D eigenvalue weighted by Crippen LogP contribution is 2.30. The summed E-state index contributed by atoms with van der Waals surface area (Å²) in [5.74, 6) is -0.178. The monoisotopic (exact) mass is 390 g/mol. The van der Waals surface area contributed by atoms with Crippen LogP contribution in [-0.4, -0.2) is 44.1 Å². The molecule has 0 saturated heterocycles. The second-order valence-electron chi connectivity index (χ2n) is 6.93. The normalized spacial score (nSPS) is 14.5. The Hall–Kier alpha value is -2.57. The summed E-state index contributed by atoms with van der Waals surface area (Å²) in [6.45, 7) is 4.50. The Labute approximate surface area is 166 Å². The number of benzene rings is 1. The van der Waals surface area contributed by atoms with E-state index < -0.39 is 5.97 Å². The van der Waals surface area contributed by atoms with Gasteiger partial charge in [0.15, 0.2) is 6.61 Å². The number of esters is 1. The fraction of sp³-hybridized carbons (Fsp3) is 0.571. The number of fused-ring (bicyclic) bond motifs is 1. The highest BCUT2D eigenvalue weighted by molar-refractivity contribution is 5.99. The zero-order chi connectivity index (χ0) is 20.4. The molecule has 2 rings (SSSR count). The van der Waals surface area contributed by atoms with E-state index in [9.17, 15) is 14.4 Å². The molecule has 1 aliphatic rings. The molecule has 7 heteroatoms. The zero-order valence-electron chi connectivity index (χ0n) is 16.7. The van der Waals surface area contributed by atoms with Crippen molar-refractivity contribution in [3.8, 4) is 5.75 Å². The van der Waals surface area contributed by atoms with E-state index in [4.69, 9.17) is 9.47 Å². The van der Waals surface area contributed by atoms with Crippen LogP contribution in [0.4, 0.5) is 5.69 Å². The number of para-hydroxylation sites is 2. The first kappa shape index (κ1) is 21.7. The number of rotatable bonds is 10. The van der Waals surface area contributed by atoms with Gasteiger partial charge < -0.3 is 14.8 Å². The average molecular weight is 390 g/mol. The summed E-state index contributed by atoms with van der Waals surface area (Å²) in [6, 6.07) is 7.05. The Balaban J connectivity index is 1.82. The highest BCUT2D eigenvalue weighted by Gasteiger charge is 2.25. The minimum Gasteiger partial charge on any atom is -0.491 e. The minimum atomic E-state index is -0.627. The molecule has 0 bridgehead atoms. The Morgan fingerprint density at radius 1 is 1.29 bits per heavy atom. The van der Waals surface area contributed by atoms with Gasteiger partial charge in [0.25, 0.3) is 5.91 Å². The second-order valence-corrected chi connectivity index (χ2v) is 6.93. The van der Waals surface area contributed by atoms with E-state index in [1.54, 1.807) is 24.3 Å². The first-order chi connectivity index (χ1) is 13.5. The van der Waals surface area contributed by atoms with Crippen LogP contribution < -0.4 is 15.0 Å². The standard InChI is InChI=1S/C21H30N2O5/c1-3-5-8-16(4-2)13-22-19(24)15-28-21(26)14-23-17-9-6-7-10-18(17)27-12-11-20(23)25/h6-7,9-10,16H,3-5,8,11-15H2,1-2H3,(H,22,24)/t16-/m1/s1. The van der Waals surface area contributed by atoms with Crippen LogP contribution in [0.3, 0.4) is 0 Å². The summed E-state index contributed by atoms with van der Waals surface area (Å²) in [5.41, 5.74) is 0.535. The Bertz CT molecular complexity index is 677. The summed E-state index contributed by atoms with van der Waals surface area (Å²) < 4.78 is 10.6. The lowest BCUT2D eigenvalue weighted by Gasteiger charge is -2.21. The van der Waals surface area contributed by atoms with E-state index >= 15 is 0 Å². The lowest BCUT2D eigenvalue weighted by molar-refractivity contribution is -0.147. The van der Waals surface area contributed by atoms with Gasteiger partial charge >= 0.3 is 5.97 Å². The lowest BCUT2D eigenvalue weighted by atomic mass is 9.99. The van der Waals surface area contributed by atoms with Gasteiger partial charge in [0.1, 0.15) is 12.3 Å². The molecule has 1 aromatic rings. The van der Waals surface area contributed by atoms with Crippen molar-refractivity contribution in [1.82, 2.24) is 5.32 Å². The van der Waals surface area contributed by atoms with Crippen molar-refractivity contribution in [2.24, 2.45) is 5.92 Å². The number of hydrogen-bond acceptors (Lipinski definition) is 5. The Morgan fingerprint density at radius 3 is 2.82 bits per heavy atom. The molecule has 0 radical (unpaired) electrons. The fourth-order valence-electron chi connectivity index (χ4n) is 3.07. The molecule has 1 aliphatic heterocycles. The molecule has 0 saturated carbocycles. The summed E-state index contributed by atoms with van der Waals surface area (Å²) in [7, 11) is 0. The molecule has 2 amide bonds. The van der Waals surface area contributed by atoms with Crippen molar-refractivity contribution in [1.29, 1.82) is 0 Å². The highest BCUT2D eigenvalue weighted by atomic mass is 16.5. The second kappa shape index (κ2) is 11.3. The van der Waals surface area contributed by atoms with Crippen molar-refractivity contribution in [2.45, 2.75) is 46.0 Å². The molecule has 0 aliphatic carbocycles. The average Bonchev–Trinajstić information content (AvgIpc) is 2.85. The van der Waals surface area contributed by atoms with Gasteiger partial charge in [-0.05, 0) is 24.5 Å². The van der Waals surface area contributed by atoms with Crippen LogP contribution in [0.1, 0.15) is 46.0 Å². The van der Waals surface area contributed by atoms with Crippen LogP contribution in [0, 0.1) is 5.92 Å². The smallest absolute Gasteiger partial charge is 0.326 e. The molecular formula is C21H30N2O5. The maximum atomic E-state index is 12.3. The van der Waals surface area contributed by atoms with Gasteiger partial charge in [-0.2, -0.15) is 0 Å². The van der Waals surface area contributed by atoms with Gasteiger partial charge in [-0.1, -0.05) is 45.2 Å². The van der Waals surface area contributed by atoms with Crippen molar-refractivity contribution in [3.63, 3.8) is 0 Å². The van der Waals surface area contributed by atoms with Crippen molar-refractivity contribution in [3.05, 3.63) is 24.3 Å². The van der Waals surface area contributed by atoms with Crippen LogP contribution in [0.15, 0.2) is 24.3 Å². The predicted octanol–water partition coefficient (Wildman–Crippen LogP) is 2.68. The number of nitrogens with zero attached hydrogens (tertiary/aromatic N) is 1. The van der Waals surface area contributed by atoms with Crippen molar-refractivity contribution in [2.75, 3.05) is 31.2 Å². The number of nitrogens with one attached hydrogen (secondary N) is 1. The van der Waals surface area contributed by atoms with Gasteiger partial charge in [-0.15, -0.1) is 0 Å². The topological polar surface area (TPSA) is 84.9 Å². The Morgan fingerprint density at radius 2 is 2.07 bits per heavy atom. The minimum absolute atomic E-state index is 0.179. The molecule has 0 aromatic heterocycles. The van der Waals surface area contributed by atoms with Crippen LogP contribution in [-0.2, 0) is 19.1 Å². The maximum absolute atomic E-state index is 12.3. The number of carbonyl (C=O) groups excluding carboxylic acids is 3. The third-order valence-electron chi connectivity index (χ3n) is 4.81. The van der Waals surface area contributed by atoms with Crippen LogP contribution in [0.2, 0.25) is 0 Å². The lowest BCUT2D eigenvalue weighted by Crippen LogP contribution is -2.38. The number of hydrogen-bond donors (Lipinski definition) is 1. The number of unbranched alkanes of at least 4 members (excludes halogenated alkanes) is 1. The summed E-state index contributed by atoms with van der Waals surface area (Å²) >= 11 is 0. The van der Waals surface area contributed by atoms with Gasteiger partial charge in [-0.25, -0.2) is 0 Å². The van der Waals surface area contributed by atoms with Crippen molar-refractivity contribution >= 4 is 23.5 Å². The molecule has 1 aromatic carbocycles. The van der Waals surface area contributed by atoms with Crippen LogP contribution in [0.25, 0.3) is 0 Å². The van der Waals surface area contributed by atoms with E-state index in [0.717, 1.165) is 25.7 Å². The first-order valence-corrected chi connectivity index (χ1v) is 9.99. The number of ether oxygens (including phenoxy) is 2. The summed E-state index contributed by atoms with van der Waals surface area (Å²) in [6.07, 6.45) is 4.52. The molecule has 1 atom stereocenters. The van der Waals surface area contributed by atoms with Gasteiger partial charge in [-0.3, -0.25) is 19.3 Å². The van der Waals surface area contributed by atoms with E-state index in [0.29, 0.717) is 23.9 Å². The quantitative estimate of drug-likeness (QED) is 0.621. The van der Waals surface area contributed by atoms with Crippen LogP contribution in [0.5, 0.6) is 5.75 Å². The molecule has 154 valence electrons. The molecule has 0 spiro atoms. The predicted molar refractivity (Wildman–Crippen MR) is 106 cm³/mol. The molecular weight excluding hydrogens is 360 g/mol. The SMILES string of the molecule is CCCC[C@@H](CC)CNC(=O)COC(=O)CN1C(=O)CCOc2ccccc21. The third kappa shape index (κ3) is 6.55. The van der Waals surface area contributed by atoms with E-state index in [2.05, 4.69) is 19.2 Å². The third-order valence-corrected chi connectivity index (χ3v) is 4.81. The van der Waals surface area contributed by atoms with Gasteiger partial charge in [0.2, 0.25) is 5.91 Å². The molecule has 1 N–H and O–H groups in total. The molecule has 1 heterocycles. The van der Waals surface area contributed by atoms with E-state index in [1.165, 1.54) is 4.90 Å². The number of carbonyl (C=O) groups is 3. The molecule has 0 fully saturated rings. The zero-order valence-corrected chi connectivity index (χ0v) is 16.7. The molecule has 28 heavy (non-hydrogen) atoms. The van der Waals surface area contributed by atoms with Gasteiger partial charge in [0.05, 0.1) is 18.7 Å². The fourth-order valence-corrected chi connectivity index (χ4v) is 3.07. The Kier molecular flexibility index (Phi) is 8.78. The largest absolute Gasteiger partial charge is 0.491 e. The van der Waals surface area contributed by atoms with Crippen molar-refractivity contribution < 1.29 is 23.9 Å². The molecule has 7 nitrogen and oxygen atoms in total. The van der Waals surface area contributed by atoms with Crippen LogP contribution >= 0.6 is 0 Å². The number of anilines is 1. The summed E-state index contributed by atoms with van der Waals surface area (Å²) in [4.78, 5) is 37.8. The maximum Gasteiger partial charge on any atom is 0.326 e. The first-order valence-electron chi connectivity index (χ1n) is 9.99. The number of amides is 2. The summed E-state index contributed by atoms with van der Waals surface area (Å²) in [5, 5.41) is 2.82. The molecule has 0 unspecified atom stereocenters. The van der Waals surface area contributed by atoms with E-state index in [-0.39, 0.29) is 38.0 Å². The van der Waals surface area contributed by atoms with Gasteiger partial charge in [0, 0.05) is 6.54 Å². The van der Waals surface area contributed by atoms with E-state index in [1.807, 2.05) is 0 Å².